The Kier molecular flexibility index (Phi) is 3.01. The average Bonchev–Trinajstić information content (AvgIpc) is 3.00. The van der Waals surface area contributed by atoms with E-state index in [1.165, 1.54) is 12.5 Å². The van der Waals surface area contributed by atoms with Gasteiger partial charge in [0, 0.05) is 6.04 Å². The van der Waals surface area contributed by atoms with Crippen LogP contribution in [0.15, 0.2) is 12.5 Å². The summed E-state index contributed by atoms with van der Waals surface area (Å²) in [5.74, 6) is 0.449. The molecular formula is C9H11ClN4O. The fourth-order valence-corrected chi connectivity index (χ4v) is 1.29. The number of anilines is 1. The van der Waals surface area contributed by atoms with E-state index < -0.39 is 0 Å². The molecular weight excluding hydrogens is 216 g/mol. The zero-order chi connectivity index (χ0) is 10.7. The van der Waals surface area contributed by atoms with E-state index in [1.807, 2.05) is 0 Å². The molecule has 0 spiro atoms. The van der Waals surface area contributed by atoms with Crippen LogP contribution in [-0.4, -0.2) is 28.5 Å². The molecule has 1 aliphatic rings. The number of amides is 1. The Hall–Kier alpha value is -1.36. The maximum absolute atomic E-state index is 11.3. The van der Waals surface area contributed by atoms with Crippen LogP contribution in [0.2, 0.25) is 5.02 Å². The fourth-order valence-electron chi connectivity index (χ4n) is 1.11. The van der Waals surface area contributed by atoms with Gasteiger partial charge < -0.3 is 10.6 Å². The SMILES string of the molecule is O=C(CNc1ncncc1Cl)NC1CC1. The van der Waals surface area contributed by atoms with Gasteiger partial charge in [-0.25, -0.2) is 9.97 Å². The topological polar surface area (TPSA) is 66.9 Å². The molecule has 15 heavy (non-hydrogen) atoms. The van der Waals surface area contributed by atoms with Gasteiger partial charge in [0.05, 0.1) is 12.7 Å². The highest BCUT2D eigenvalue weighted by Crippen LogP contribution is 2.18. The van der Waals surface area contributed by atoms with Crippen LogP contribution >= 0.6 is 11.6 Å². The highest BCUT2D eigenvalue weighted by atomic mass is 35.5. The maximum atomic E-state index is 11.3. The fraction of sp³-hybridized carbons (Fsp3) is 0.444. The van der Waals surface area contributed by atoms with Crippen molar-refractivity contribution in [2.24, 2.45) is 0 Å². The molecule has 5 nitrogen and oxygen atoms in total. The second kappa shape index (κ2) is 4.44. The quantitative estimate of drug-likeness (QED) is 0.798. The van der Waals surface area contributed by atoms with Gasteiger partial charge in [-0.1, -0.05) is 11.6 Å². The van der Waals surface area contributed by atoms with E-state index in [0.29, 0.717) is 16.9 Å². The summed E-state index contributed by atoms with van der Waals surface area (Å²) in [6.45, 7) is 0.188. The van der Waals surface area contributed by atoms with Crippen LogP contribution in [0.5, 0.6) is 0 Å². The minimum Gasteiger partial charge on any atom is -0.360 e. The second-order valence-electron chi connectivity index (χ2n) is 3.41. The Labute approximate surface area is 92.3 Å². The molecule has 1 heterocycles. The lowest BCUT2D eigenvalue weighted by molar-refractivity contribution is -0.119. The molecule has 80 valence electrons. The van der Waals surface area contributed by atoms with Crippen molar-refractivity contribution in [2.75, 3.05) is 11.9 Å². The van der Waals surface area contributed by atoms with Gasteiger partial charge in [0.25, 0.3) is 0 Å². The van der Waals surface area contributed by atoms with E-state index in [4.69, 9.17) is 11.6 Å². The molecule has 6 heteroatoms. The first kappa shape index (κ1) is 10.2. The van der Waals surface area contributed by atoms with Crippen LogP contribution in [0.25, 0.3) is 0 Å². The molecule has 1 aliphatic carbocycles. The summed E-state index contributed by atoms with van der Waals surface area (Å²) in [4.78, 5) is 19.0. The molecule has 1 saturated carbocycles. The number of hydrogen-bond acceptors (Lipinski definition) is 4. The van der Waals surface area contributed by atoms with E-state index >= 15 is 0 Å². The molecule has 2 rings (SSSR count). The number of halogens is 1. The predicted octanol–water partition coefficient (Wildman–Crippen LogP) is 0.820. The molecule has 1 fully saturated rings. The molecule has 0 aromatic carbocycles. The minimum absolute atomic E-state index is 0.0350. The van der Waals surface area contributed by atoms with Crippen LogP contribution < -0.4 is 10.6 Å². The minimum atomic E-state index is -0.0350. The van der Waals surface area contributed by atoms with Crippen LogP contribution in [0.1, 0.15) is 12.8 Å². The van der Waals surface area contributed by atoms with E-state index in [-0.39, 0.29) is 12.5 Å². The molecule has 0 bridgehead atoms. The highest BCUT2D eigenvalue weighted by Gasteiger charge is 2.22. The third-order valence-corrected chi connectivity index (χ3v) is 2.30. The molecule has 1 amide bonds. The first-order chi connectivity index (χ1) is 7.25. The average molecular weight is 227 g/mol. The van der Waals surface area contributed by atoms with Gasteiger partial charge in [-0.15, -0.1) is 0 Å². The Bertz CT molecular complexity index is 367. The summed E-state index contributed by atoms with van der Waals surface area (Å²) < 4.78 is 0. The third-order valence-electron chi connectivity index (χ3n) is 2.03. The monoisotopic (exact) mass is 226 g/mol. The first-order valence-corrected chi connectivity index (χ1v) is 5.12. The molecule has 0 saturated heterocycles. The number of nitrogens with zero attached hydrogens (tertiary/aromatic N) is 2. The molecule has 0 aliphatic heterocycles. The van der Waals surface area contributed by atoms with Crippen molar-refractivity contribution in [3.05, 3.63) is 17.5 Å². The van der Waals surface area contributed by atoms with Gasteiger partial charge in [-0.05, 0) is 12.8 Å². The standard InChI is InChI=1S/C9H11ClN4O/c10-7-3-11-5-13-9(7)12-4-8(15)14-6-1-2-6/h3,5-6H,1-2,4H2,(H,14,15)(H,11,12,13). The molecule has 0 radical (unpaired) electrons. The Morgan fingerprint density at radius 3 is 3.07 bits per heavy atom. The van der Waals surface area contributed by atoms with Crippen molar-refractivity contribution < 1.29 is 4.79 Å². The predicted molar refractivity (Wildman–Crippen MR) is 56.7 cm³/mol. The largest absolute Gasteiger partial charge is 0.360 e. The first-order valence-electron chi connectivity index (χ1n) is 4.74. The van der Waals surface area contributed by atoms with Gasteiger partial charge in [0.2, 0.25) is 5.91 Å². The summed E-state index contributed by atoms with van der Waals surface area (Å²) in [5, 5.41) is 6.12. The Balaban J connectivity index is 1.81. The van der Waals surface area contributed by atoms with Crippen molar-refractivity contribution in [3.63, 3.8) is 0 Å². The molecule has 0 unspecified atom stereocenters. The van der Waals surface area contributed by atoms with Crippen molar-refractivity contribution >= 4 is 23.3 Å². The van der Waals surface area contributed by atoms with Gasteiger partial charge in [0.15, 0.2) is 0 Å². The zero-order valence-corrected chi connectivity index (χ0v) is 8.79. The van der Waals surface area contributed by atoms with Crippen LogP contribution in [0.4, 0.5) is 5.82 Å². The third kappa shape index (κ3) is 3.06. The molecule has 2 N–H and O–H groups in total. The van der Waals surface area contributed by atoms with Crippen molar-refractivity contribution in [2.45, 2.75) is 18.9 Å². The summed E-state index contributed by atoms with van der Waals surface area (Å²) in [7, 11) is 0. The maximum Gasteiger partial charge on any atom is 0.239 e. The van der Waals surface area contributed by atoms with Crippen LogP contribution in [0, 0.1) is 0 Å². The van der Waals surface area contributed by atoms with Crippen molar-refractivity contribution in [1.29, 1.82) is 0 Å². The lowest BCUT2D eigenvalue weighted by Gasteiger charge is -2.06. The smallest absolute Gasteiger partial charge is 0.239 e. The lowest BCUT2D eigenvalue weighted by atomic mass is 10.5. The molecule has 1 aromatic rings. The summed E-state index contributed by atoms with van der Waals surface area (Å²) >= 11 is 5.81. The van der Waals surface area contributed by atoms with Crippen LogP contribution in [0.3, 0.4) is 0 Å². The van der Waals surface area contributed by atoms with Gasteiger partial charge in [-0.2, -0.15) is 0 Å². The molecule has 1 aromatic heterocycles. The number of carbonyl (C=O) groups is 1. The van der Waals surface area contributed by atoms with Crippen molar-refractivity contribution in [1.82, 2.24) is 15.3 Å². The Morgan fingerprint density at radius 2 is 2.40 bits per heavy atom. The highest BCUT2D eigenvalue weighted by molar-refractivity contribution is 6.32. The van der Waals surface area contributed by atoms with Gasteiger partial charge >= 0.3 is 0 Å². The number of rotatable bonds is 4. The molecule has 0 atom stereocenters. The van der Waals surface area contributed by atoms with E-state index in [2.05, 4.69) is 20.6 Å². The number of aromatic nitrogens is 2. The van der Waals surface area contributed by atoms with Gasteiger partial charge in [-0.3, -0.25) is 4.79 Å². The van der Waals surface area contributed by atoms with E-state index in [1.54, 1.807) is 0 Å². The van der Waals surface area contributed by atoms with E-state index in [0.717, 1.165) is 12.8 Å². The number of nitrogens with one attached hydrogen (secondary N) is 2. The van der Waals surface area contributed by atoms with Crippen LogP contribution in [-0.2, 0) is 4.79 Å². The Morgan fingerprint density at radius 1 is 1.60 bits per heavy atom. The second-order valence-corrected chi connectivity index (χ2v) is 3.82. The van der Waals surface area contributed by atoms with Crippen molar-refractivity contribution in [3.8, 4) is 0 Å². The summed E-state index contributed by atoms with van der Waals surface area (Å²) in [6, 6.07) is 0.375. The zero-order valence-electron chi connectivity index (χ0n) is 8.03. The van der Waals surface area contributed by atoms with E-state index in [9.17, 15) is 4.79 Å². The normalized spacial score (nSPS) is 14.7. The summed E-state index contributed by atoms with van der Waals surface area (Å²) in [6.07, 6.45) is 5.03. The number of carbonyl (C=O) groups excluding carboxylic acids is 1. The number of hydrogen-bond donors (Lipinski definition) is 2. The lowest BCUT2D eigenvalue weighted by Crippen LogP contribution is -2.31. The summed E-state index contributed by atoms with van der Waals surface area (Å²) in [5.41, 5.74) is 0. The van der Waals surface area contributed by atoms with Gasteiger partial charge in [0.1, 0.15) is 17.2 Å².